The lowest BCUT2D eigenvalue weighted by molar-refractivity contribution is 0.199. The summed E-state index contributed by atoms with van der Waals surface area (Å²) in [7, 11) is 0. The highest BCUT2D eigenvalue weighted by Crippen LogP contribution is 2.19. The molecule has 1 aliphatic heterocycles. The highest BCUT2D eigenvalue weighted by molar-refractivity contribution is 5.85. The quantitative estimate of drug-likeness (QED) is 0.945. The van der Waals surface area contributed by atoms with E-state index in [9.17, 15) is 0 Å². The number of nitrogens with zero attached hydrogens (tertiary/aromatic N) is 2. The topological polar surface area (TPSA) is 28.2 Å². The monoisotopic (exact) mass is 303 g/mol. The van der Waals surface area contributed by atoms with Gasteiger partial charge in [-0.25, -0.2) is 0 Å². The summed E-state index contributed by atoms with van der Waals surface area (Å²) in [4.78, 5) is 6.94. The largest absolute Gasteiger partial charge is 0.312 e. The van der Waals surface area contributed by atoms with Crippen molar-refractivity contribution in [2.75, 3.05) is 19.6 Å². The van der Waals surface area contributed by atoms with Gasteiger partial charge in [-0.1, -0.05) is 24.3 Å². The minimum absolute atomic E-state index is 0. The van der Waals surface area contributed by atoms with Gasteiger partial charge in [-0.05, 0) is 30.7 Å². The van der Waals surface area contributed by atoms with Crippen molar-refractivity contribution < 1.29 is 0 Å². The number of rotatable bonds is 3. The fraction of sp³-hybridized carbons (Fsp3) is 0.353. The van der Waals surface area contributed by atoms with E-state index in [-0.39, 0.29) is 12.4 Å². The number of benzene rings is 1. The van der Waals surface area contributed by atoms with E-state index in [1.807, 2.05) is 18.3 Å². The molecule has 4 heteroatoms. The van der Waals surface area contributed by atoms with Crippen molar-refractivity contribution in [2.24, 2.45) is 0 Å². The minimum Gasteiger partial charge on any atom is -0.312 e. The first-order valence-corrected chi connectivity index (χ1v) is 7.27. The third kappa shape index (κ3) is 4.27. The van der Waals surface area contributed by atoms with Gasteiger partial charge >= 0.3 is 0 Å². The fourth-order valence-corrected chi connectivity index (χ4v) is 2.78. The van der Waals surface area contributed by atoms with Crippen LogP contribution in [0.3, 0.4) is 0 Å². The highest BCUT2D eigenvalue weighted by atomic mass is 35.5. The van der Waals surface area contributed by atoms with Gasteiger partial charge in [0, 0.05) is 44.0 Å². The van der Waals surface area contributed by atoms with Gasteiger partial charge in [0.2, 0.25) is 0 Å². The van der Waals surface area contributed by atoms with Crippen LogP contribution in [0, 0.1) is 0 Å². The Bertz CT molecular complexity index is 559. The molecule has 0 radical (unpaired) electrons. The smallest absolute Gasteiger partial charge is 0.0702 e. The maximum absolute atomic E-state index is 4.43. The van der Waals surface area contributed by atoms with Gasteiger partial charge in [-0.3, -0.25) is 9.88 Å². The van der Waals surface area contributed by atoms with E-state index in [1.165, 1.54) is 11.1 Å². The number of halogens is 1. The molecule has 1 atom stereocenters. The molecule has 0 bridgehead atoms. The first-order chi connectivity index (χ1) is 9.81. The highest BCUT2D eigenvalue weighted by Gasteiger charge is 2.15. The van der Waals surface area contributed by atoms with E-state index < -0.39 is 0 Å². The van der Waals surface area contributed by atoms with Crippen LogP contribution in [0.2, 0.25) is 0 Å². The van der Waals surface area contributed by atoms with Crippen molar-refractivity contribution >= 4 is 12.4 Å². The number of hydrogen-bond acceptors (Lipinski definition) is 3. The summed E-state index contributed by atoms with van der Waals surface area (Å²) in [6, 6.07) is 15.4. The third-order valence-corrected chi connectivity index (χ3v) is 3.75. The second kappa shape index (κ2) is 7.55. The molecular weight excluding hydrogens is 282 g/mol. The minimum atomic E-state index is 0. The Morgan fingerprint density at radius 3 is 2.90 bits per heavy atom. The normalized spacial score (nSPS) is 19.0. The predicted molar refractivity (Wildman–Crippen MR) is 89.7 cm³/mol. The van der Waals surface area contributed by atoms with E-state index in [0.717, 1.165) is 31.9 Å². The molecule has 1 aromatic heterocycles. The van der Waals surface area contributed by atoms with Crippen LogP contribution in [0.15, 0.2) is 48.7 Å². The third-order valence-electron chi connectivity index (χ3n) is 3.75. The van der Waals surface area contributed by atoms with E-state index in [4.69, 9.17) is 0 Å². The Balaban J connectivity index is 0.00000161. The number of aromatic nitrogens is 1. The molecule has 1 fully saturated rings. The standard InChI is InChI=1S/C17H21N3.ClH/c1-14-12-20(10-9-18-14)13-15-5-4-6-16(11-15)17-7-2-3-8-19-17;/h2-8,11,14,18H,9-10,12-13H2,1H3;1H. The van der Waals surface area contributed by atoms with Crippen LogP contribution in [0.5, 0.6) is 0 Å². The number of nitrogens with one attached hydrogen (secondary N) is 1. The molecule has 2 heterocycles. The summed E-state index contributed by atoms with van der Waals surface area (Å²) in [6.07, 6.45) is 1.85. The molecule has 0 aliphatic carbocycles. The number of pyridine rings is 1. The van der Waals surface area contributed by atoms with Gasteiger partial charge in [-0.15, -0.1) is 12.4 Å². The molecule has 3 rings (SSSR count). The molecule has 1 saturated heterocycles. The second-order valence-electron chi connectivity index (χ2n) is 5.51. The van der Waals surface area contributed by atoms with Crippen LogP contribution < -0.4 is 5.32 Å². The molecule has 0 spiro atoms. The Morgan fingerprint density at radius 2 is 2.14 bits per heavy atom. The van der Waals surface area contributed by atoms with Crippen LogP contribution in [0.4, 0.5) is 0 Å². The van der Waals surface area contributed by atoms with Gasteiger partial charge in [0.15, 0.2) is 0 Å². The van der Waals surface area contributed by atoms with E-state index in [1.54, 1.807) is 0 Å². The maximum atomic E-state index is 4.43. The zero-order valence-electron chi connectivity index (χ0n) is 12.3. The zero-order chi connectivity index (χ0) is 13.8. The van der Waals surface area contributed by atoms with Crippen molar-refractivity contribution in [1.29, 1.82) is 0 Å². The molecule has 3 nitrogen and oxygen atoms in total. The summed E-state index contributed by atoms with van der Waals surface area (Å²) in [5.41, 5.74) is 3.61. The second-order valence-corrected chi connectivity index (χ2v) is 5.51. The Hall–Kier alpha value is -1.42. The first-order valence-electron chi connectivity index (χ1n) is 7.27. The summed E-state index contributed by atoms with van der Waals surface area (Å²) in [6.45, 7) is 6.59. The van der Waals surface area contributed by atoms with Crippen molar-refractivity contribution in [2.45, 2.75) is 19.5 Å². The fourth-order valence-electron chi connectivity index (χ4n) is 2.78. The molecule has 1 aromatic carbocycles. The molecule has 0 saturated carbocycles. The Morgan fingerprint density at radius 1 is 1.24 bits per heavy atom. The number of piperazine rings is 1. The first kappa shape index (κ1) is 16.0. The number of hydrogen-bond donors (Lipinski definition) is 1. The summed E-state index contributed by atoms with van der Waals surface area (Å²) in [5, 5.41) is 3.48. The average molecular weight is 304 g/mol. The Labute approximate surface area is 132 Å². The lowest BCUT2D eigenvalue weighted by Crippen LogP contribution is -2.48. The van der Waals surface area contributed by atoms with E-state index >= 15 is 0 Å². The summed E-state index contributed by atoms with van der Waals surface area (Å²) < 4.78 is 0. The van der Waals surface area contributed by atoms with E-state index in [2.05, 4.69) is 52.5 Å². The SMILES string of the molecule is CC1CN(Cc2cccc(-c3ccccn3)c2)CCN1.Cl. The van der Waals surface area contributed by atoms with Crippen molar-refractivity contribution in [1.82, 2.24) is 15.2 Å². The molecule has 1 aliphatic rings. The molecule has 0 amide bonds. The molecule has 1 N–H and O–H groups in total. The van der Waals surface area contributed by atoms with Gasteiger partial charge in [0.1, 0.15) is 0 Å². The van der Waals surface area contributed by atoms with Gasteiger partial charge < -0.3 is 5.32 Å². The van der Waals surface area contributed by atoms with Gasteiger partial charge in [0.05, 0.1) is 5.69 Å². The van der Waals surface area contributed by atoms with E-state index in [0.29, 0.717) is 6.04 Å². The molecule has 112 valence electrons. The van der Waals surface area contributed by atoms with Crippen molar-refractivity contribution in [3.8, 4) is 11.3 Å². The molecule has 21 heavy (non-hydrogen) atoms. The zero-order valence-corrected chi connectivity index (χ0v) is 13.1. The lowest BCUT2D eigenvalue weighted by Gasteiger charge is -2.31. The molecule has 2 aromatic rings. The average Bonchev–Trinajstić information content (AvgIpc) is 2.48. The molecular formula is C17H22ClN3. The van der Waals surface area contributed by atoms with Crippen LogP contribution in [-0.4, -0.2) is 35.6 Å². The van der Waals surface area contributed by atoms with Crippen LogP contribution in [-0.2, 0) is 6.54 Å². The van der Waals surface area contributed by atoms with Crippen LogP contribution >= 0.6 is 12.4 Å². The van der Waals surface area contributed by atoms with Crippen LogP contribution in [0.25, 0.3) is 11.3 Å². The van der Waals surface area contributed by atoms with Crippen molar-refractivity contribution in [3.05, 3.63) is 54.2 Å². The maximum Gasteiger partial charge on any atom is 0.0702 e. The van der Waals surface area contributed by atoms with Gasteiger partial charge in [-0.2, -0.15) is 0 Å². The van der Waals surface area contributed by atoms with Crippen LogP contribution in [0.1, 0.15) is 12.5 Å². The summed E-state index contributed by atoms with van der Waals surface area (Å²) in [5.74, 6) is 0. The predicted octanol–water partition coefficient (Wildman–Crippen LogP) is 2.96. The van der Waals surface area contributed by atoms with Gasteiger partial charge in [0.25, 0.3) is 0 Å². The lowest BCUT2D eigenvalue weighted by atomic mass is 10.1. The Kier molecular flexibility index (Phi) is 5.74. The van der Waals surface area contributed by atoms with Crippen molar-refractivity contribution in [3.63, 3.8) is 0 Å². The molecule has 1 unspecified atom stereocenters. The summed E-state index contributed by atoms with van der Waals surface area (Å²) >= 11 is 0.